The minimum atomic E-state index is -0.369. The standard InChI is InChI=1S/C15H24O2/c1-6-7-13(16)11-8-9-14(17-5)12(10-11)15(2,3)4/h8-10,13,16H,6-7H2,1-5H3. The highest BCUT2D eigenvalue weighted by Gasteiger charge is 2.20. The van der Waals surface area contributed by atoms with Gasteiger partial charge in [-0.1, -0.05) is 40.2 Å². The molecule has 0 saturated heterocycles. The molecule has 96 valence electrons. The third-order valence-electron chi connectivity index (χ3n) is 2.98. The summed E-state index contributed by atoms with van der Waals surface area (Å²) >= 11 is 0. The highest BCUT2D eigenvalue weighted by molar-refractivity contribution is 5.42. The summed E-state index contributed by atoms with van der Waals surface area (Å²) in [6.45, 7) is 8.54. The van der Waals surface area contributed by atoms with E-state index in [0.717, 1.165) is 29.7 Å². The summed E-state index contributed by atoms with van der Waals surface area (Å²) in [5, 5.41) is 10.0. The topological polar surface area (TPSA) is 29.5 Å². The predicted molar refractivity (Wildman–Crippen MR) is 71.6 cm³/mol. The summed E-state index contributed by atoms with van der Waals surface area (Å²) in [5.74, 6) is 0.893. The molecular weight excluding hydrogens is 212 g/mol. The summed E-state index contributed by atoms with van der Waals surface area (Å²) in [6.07, 6.45) is 1.42. The van der Waals surface area contributed by atoms with Gasteiger partial charge in [0, 0.05) is 0 Å². The highest BCUT2D eigenvalue weighted by atomic mass is 16.5. The Kier molecular flexibility index (Phi) is 4.58. The molecule has 1 aromatic rings. The second-order valence-corrected chi connectivity index (χ2v) is 5.51. The number of benzene rings is 1. The Hall–Kier alpha value is -1.02. The van der Waals surface area contributed by atoms with Crippen LogP contribution in [-0.2, 0) is 5.41 Å². The first-order valence-electron chi connectivity index (χ1n) is 6.26. The molecule has 0 spiro atoms. The first-order valence-corrected chi connectivity index (χ1v) is 6.26. The van der Waals surface area contributed by atoms with Gasteiger partial charge in [0.25, 0.3) is 0 Å². The van der Waals surface area contributed by atoms with E-state index in [4.69, 9.17) is 4.74 Å². The highest BCUT2D eigenvalue weighted by Crippen LogP contribution is 2.34. The third kappa shape index (κ3) is 3.47. The first-order chi connectivity index (χ1) is 7.90. The zero-order valence-corrected chi connectivity index (χ0v) is 11.6. The van der Waals surface area contributed by atoms with E-state index in [0.29, 0.717) is 0 Å². The van der Waals surface area contributed by atoms with Crippen LogP contribution in [0.4, 0.5) is 0 Å². The van der Waals surface area contributed by atoms with E-state index in [9.17, 15) is 5.11 Å². The predicted octanol–water partition coefficient (Wildman–Crippen LogP) is 3.83. The molecule has 1 atom stereocenters. The fraction of sp³-hybridized carbons (Fsp3) is 0.600. The van der Waals surface area contributed by atoms with Gasteiger partial charge in [-0.15, -0.1) is 0 Å². The monoisotopic (exact) mass is 236 g/mol. The number of aliphatic hydroxyl groups excluding tert-OH is 1. The Balaban J connectivity index is 3.13. The van der Waals surface area contributed by atoms with Crippen molar-refractivity contribution < 1.29 is 9.84 Å². The molecule has 1 N–H and O–H groups in total. The lowest BCUT2D eigenvalue weighted by atomic mass is 9.84. The lowest BCUT2D eigenvalue weighted by Crippen LogP contribution is -2.14. The van der Waals surface area contributed by atoms with Gasteiger partial charge in [-0.05, 0) is 35.1 Å². The maximum absolute atomic E-state index is 10.0. The summed E-state index contributed by atoms with van der Waals surface area (Å²) in [6, 6.07) is 5.97. The molecule has 17 heavy (non-hydrogen) atoms. The van der Waals surface area contributed by atoms with Gasteiger partial charge in [0.1, 0.15) is 5.75 Å². The summed E-state index contributed by atoms with van der Waals surface area (Å²) in [7, 11) is 1.69. The van der Waals surface area contributed by atoms with Crippen molar-refractivity contribution in [1.29, 1.82) is 0 Å². The van der Waals surface area contributed by atoms with Crippen LogP contribution in [0.15, 0.2) is 18.2 Å². The van der Waals surface area contributed by atoms with Crippen LogP contribution in [0.2, 0.25) is 0 Å². The van der Waals surface area contributed by atoms with Crippen molar-refractivity contribution >= 4 is 0 Å². The van der Waals surface area contributed by atoms with Gasteiger partial charge in [0.05, 0.1) is 13.2 Å². The van der Waals surface area contributed by atoms with E-state index in [1.165, 1.54) is 0 Å². The number of methoxy groups -OCH3 is 1. The van der Waals surface area contributed by atoms with Crippen molar-refractivity contribution in [3.63, 3.8) is 0 Å². The summed E-state index contributed by atoms with van der Waals surface area (Å²) < 4.78 is 5.38. The molecule has 0 heterocycles. The van der Waals surface area contributed by atoms with Crippen LogP contribution in [0, 0.1) is 0 Å². The number of rotatable bonds is 4. The fourth-order valence-electron chi connectivity index (χ4n) is 1.96. The Morgan fingerprint density at radius 2 is 1.94 bits per heavy atom. The third-order valence-corrected chi connectivity index (χ3v) is 2.98. The second kappa shape index (κ2) is 5.54. The molecule has 2 heteroatoms. The lowest BCUT2D eigenvalue weighted by Gasteiger charge is -2.24. The largest absolute Gasteiger partial charge is 0.496 e. The van der Waals surface area contributed by atoms with Gasteiger partial charge in [-0.2, -0.15) is 0 Å². The second-order valence-electron chi connectivity index (χ2n) is 5.51. The van der Waals surface area contributed by atoms with E-state index in [1.54, 1.807) is 7.11 Å². The zero-order valence-electron chi connectivity index (χ0n) is 11.6. The van der Waals surface area contributed by atoms with Crippen LogP contribution in [-0.4, -0.2) is 12.2 Å². The minimum absolute atomic E-state index is 0.0211. The molecule has 0 aliphatic heterocycles. The maximum Gasteiger partial charge on any atom is 0.122 e. The molecule has 2 nitrogen and oxygen atoms in total. The molecule has 0 radical (unpaired) electrons. The Morgan fingerprint density at radius 3 is 2.41 bits per heavy atom. The van der Waals surface area contributed by atoms with Gasteiger partial charge < -0.3 is 9.84 Å². The Bertz CT molecular complexity index is 364. The Morgan fingerprint density at radius 1 is 1.29 bits per heavy atom. The molecule has 0 amide bonds. The average Bonchev–Trinajstić information content (AvgIpc) is 2.27. The van der Waals surface area contributed by atoms with Crippen molar-refractivity contribution in [2.24, 2.45) is 0 Å². The van der Waals surface area contributed by atoms with Gasteiger partial charge in [-0.3, -0.25) is 0 Å². The molecule has 0 aliphatic carbocycles. The van der Waals surface area contributed by atoms with Crippen molar-refractivity contribution in [3.8, 4) is 5.75 Å². The minimum Gasteiger partial charge on any atom is -0.496 e. The first kappa shape index (κ1) is 14.0. The van der Waals surface area contributed by atoms with Crippen molar-refractivity contribution in [3.05, 3.63) is 29.3 Å². The van der Waals surface area contributed by atoms with E-state index in [2.05, 4.69) is 33.8 Å². The molecule has 1 rings (SSSR count). The smallest absolute Gasteiger partial charge is 0.122 e. The van der Waals surface area contributed by atoms with E-state index in [1.807, 2.05) is 12.1 Å². The van der Waals surface area contributed by atoms with Crippen LogP contribution in [0.25, 0.3) is 0 Å². The fourth-order valence-corrected chi connectivity index (χ4v) is 1.96. The number of hydrogen-bond donors (Lipinski definition) is 1. The van der Waals surface area contributed by atoms with Crippen molar-refractivity contribution in [1.82, 2.24) is 0 Å². The zero-order chi connectivity index (χ0) is 13.1. The van der Waals surface area contributed by atoms with Crippen LogP contribution in [0.1, 0.15) is 57.8 Å². The van der Waals surface area contributed by atoms with Gasteiger partial charge >= 0.3 is 0 Å². The molecule has 0 aromatic heterocycles. The molecule has 0 saturated carbocycles. The van der Waals surface area contributed by atoms with E-state index >= 15 is 0 Å². The van der Waals surface area contributed by atoms with E-state index in [-0.39, 0.29) is 11.5 Å². The Labute approximate surface area is 105 Å². The molecule has 0 aliphatic rings. The van der Waals surface area contributed by atoms with Crippen LogP contribution >= 0.6 is 0 Å². The summed E-state index contributed by atoms with van der Waals surface area (Å²) in [5.41, 5.74) is 2.15. The quantitative estimate of drug-likeness (QED) is 0.861. The lowest BCUT2D eigenvalue weighted by molar-refractivity contribution is 0.166. The summed E-state index contributed by atoms with van der Waals surface area (Å²) in [4.78, 5) is 0. The molecule has 0 bridgehead atoms. The molecule has 0 fully saturated rings. The number of hydrogen-bond acceptors (Lipinski definition) is 2. The van der Waals surface area contributed by atoms with Gasteiger partial charge in [-0.25, -0.2) is 0 Å². The average molecular weight is 236 g/mol. The number of ether oxygens (including phenoxy) is 1. The van der Waals surface area contributed by atoms with Crippen LogP contribution < -0.4 is 4.74 Å². The van der Waals surface area contributed by atoms with Gasteiger partial charge in [0.15, 0.2) is 0 Å². The molecular formula is C15H24O2. The SMILES string of the molecule is CCCC(O)c1ccc(OC)c(C(C)(C)C)c1. The van der Waals surface area contributed by atoms with Crippen molar-refractivity contribution in [2.75, 3.05) is 7.11 Å². The van der Waals surface area contributed by atoms with E-state index < -0.39 is 0 Å². The van der Waals surface area contributed by atoms with Crippen LogP contribution in [0.5, 0.6) is 5.75 Å². The van der Waals surface area contributed by atoms with Gasteiger partial charge in [0.2, 0.25) is 0 Å². The van der Waals surface area contributed by atoms with Crippen molar-refractivity contribution in [2.45, 2.75) is 52.1 Å². The normalized spacial score (nSPS) is 13.5. The van der Waals surface area contributed by atoms with Crippen LogP contribution in [0.3, 0.4) is 0 Å². The maximum atomic E-state index is 10.0. The molecule has 1 unspecified atom stereocenters. The molecule has 1 aromatic carbocycles. The number of aliphatic hydroxyl groups is 1.